The highest BCUT2D eigenvalue weighted by Gasteiger charge is 2.29. The van der Waals surface area contributed by atoms with E-state index >= 15 is 0 Å². The van der Waals surface area contributed by atoms with Crippen LogP contribution in [-0.2, 0) is 0 Å². The van der Waals surface area contributed by atoms with Crippen LogP contribution in [0.1, 0.15) is 35.0 Å². The third kappa shape index (κ3) is 3.35. The van der Waals surface area contributed by atoms with E-state index in [0.717, 1.165) is 12.8 Å². The fourth-order valence-electron chi connectivity index (χ4n) is 3.66. The van der Waals surface area contributed by atoms with Crippen LogP contribution in [0.2, 0.25) is 0 Å². The zero-order chi connectivity index (χ0) is 19.8. The summed E-state index contributed by atoms with van der Waals surface area (Å²) in [5.74, 6) is 0.336. The molecule has 1 N–H and O–H groups in total. The van der Waals surface area contributed by atoms with Crippen molar-refractivity contribution in [1.82, 2.24) is 30.5 Å². The summed E-state index contributed by atoms with van der Waals surface area (Å²) in [7, 11) is 0. The van der Waals surface area contributed by atoms with Gasteiger partial charge in [0, 0.05) is 24.2 Å². The smallest absolute Gasteiger partial charge is 0.253 e. The molecule has 1 aliphatic rings. The average molecular weight is 392 g/mol. The van der Waals surface area contributed by atoms with Crippen LogP contribution in [0.15, 0.2) is 47.0 Å². The van der Waals surface area contributed by atoms with Gasteiger partial charge in [-0.1, -0.05) is 17.3 Å². The lowest BCUT2D eigenvalue weighted by Gasteiger charge is -2.31. The van der Waals surface area contributed by atoms with E-state index in [4.69, 9.17) is 4.52 Å². The number of aromatic nitrogens is 5. The molecule has 1 fully saturated rings. The van der Waals surface area contributed by atoms with Crippen molar-refractivity contribution >= 4 is 16.9 Å². The zero-order valence-corrected chi connectivity index (χ0v) is 15.4. The molecule has 4 aromatic rings. The first kappa shape index (κ1) is 17.5. The standard InChI is InChI=1S/C20H17FN6O2/c21-15-5-1-3-12(9-15)18-22-19(29-25-18)14-4-2-8-27(11-14)20(28)13-6-7-16-17(10-13)24-26-23-16/h1,3,5-7,9-10,14H,2,4,8,11H2,(H,23,24,26)/t14-/m0/s1. The summed E-state index contributed by atoms with van der Waals surface area (Å²) in [5.41, 5.74) is 2.50. The first-order valence-corrected chi connectivity index (χ1v) is 9.37. The SMILES string of the molecule is O=C(c1ccc2n[nH]nc2c1)N1CCC[C@H](c2nc(-c3cccc(F)c3)no2)C1. The minimum absolute atomic E-state index is 0.0571. The van der Waals surface area contributed by atoms with Crippen molar-refractivity contribution in [1.29, 1.82) is 0 Å². The van der Waals surface area contributed by atoms with E-state index in [2.05, 4.69) is 25.6 Å². The third-order valence-electron chi connectivity index (χ3n) is 5.15. The Kier molecular flexibility index (Phi) is 4.27. The van der Waals surface area contributed by atoms with Gasteiger partial charge in [0.25, 0.3) is 5.91 Å². The molecule has 1 amide bonds. The van der Waals surface area contributed by atoms with Crippen LogP contribution in [0.3, 0.4) is 0 Å². The number of piperidine rings is 1. The molecule has 1 aliphatic heterocycles. The van der Waals surface area contributed by atoms with Crippen molar-refractivity contribution in [3.05, 3.63) is 59.7 Å². The van der Waals surface area contributed by atoms with E-state index in [1.165, 1.54) is 12.1 Å². The number of nitrogens with one attached hydrogen (secondary N) is 1. The second-order valence-electron chi connectivity index (χ2n) is 7.08. The summed E-state index contributed by atoms with van der Waals surface area (Å²) in [4.78, 5) is 19.2. The quantitative estimate of drug-likeness (QED) is 0.575. The number of nitrogens with zero attached hydrogens (tertiary/aromatic N) is 5. The molecule has 2 aromatic heterocycles. The highest BCUT2D eigenvalue weighted by Crippen LogP contribution is 2.28. The molecule has 0 saturated carbocycles. The van der Waals surface area contributed by atoms with Gasteiger partial charge in [-0.3, -0.25) is 4.79 Å². The zero-order valence-electron chi connectivity index (χ0n) is 15.4. The molecule has 0 radical (unpaired) electrons. The Morgan fingerprint density at radius 2 is 2.07 bits per heavy atom. The average Bonchev–Trinajstić information content (AvgIpc) is 3.42. The first-order valence-electron chi connectivity index (χ1n) is 9.37. The number of rotatable bonds is 3. The summed E-state index contributed by atoms with van der Waals surface area (Å²) < 4.78 is 18.9. The molecule has 9 heteroatoms. The second-order valence-corrected chi connectivity index (χ2v) is 7.08. The lowest BCUT2D eigenvalue weighted by Crippen LogP contribution is -2.39. The van der Waals surface area contributed by atoms with E-state index in [9.17, 15) is 9.18 Å². The Labute approximate surface area is 164 Å². The monoisotopic (exact) mass is 392 g/mol. The number of carbonyl (C=O) groups is 1. The van der Waals surface area contributed by atoms with Gasteiger partial charge in [-0.25, -0.2) is 4.39 Å². The van der Waals surface area contributed by atoms with E-state index in [0.29, 0.717) is 47.0 Å². The van der Waals surface area contributed by atoms with Gasteiger partial charge in [-0.05, 0) is 43.2 Å². The third-order valence-corrected chi connectivity index (χ3v) is 5.15. The van der Waals surface area contributed by atoms with Crippen molar-refractivity contribution in [2.45, 2.75) is 18.8 Å². The van der Waals surface area contributed by atoms with E-state index in [-0.39, 0.29) is 17.6 Å². The van der Waals surface area contributed by atoms with Crippen molar-refractivity contribution in [3.8, 4) is 11.4 Å². The number of H-pyrrole nitrogens is 1. The van der Waals surface area contributed by atoms with Gasteiger partial charge < -0.3 is 9.42 Å². The molecular weight excluding hydrogens is 375 g/mol. The number of amides is 1. The van der Waals surface area contributed by atoms with Crippen LogP contribution >= 0.6 is 0 Å². The summed E-state index contributed by atoms with van der Waals surface area (Å²) in [5, 5.41) is 14.6. The Morgan fingerprint density at radius 1 is 1.17 bits per heavy atom. The number of benzene rings is 2. The van der Waals surface area contributed by atoms with E-state index in [1.54, 1.807) is 35.2 Å². The van der Waals surface area contributed by atoms with Gasteiger partial charge in [-0.15, -0.1) is 0 Å². The van der Waals surface area contributed by atoms with Gasteiger partial charge in [-0.2, -0.15) is 20.4 Å². The maximum Gasteiger partial charge on any atom is 0.253 e. The fraction of sp³-hybridized carbons (Fsp3) is 0.250. The largest absolute Gasteiger partial charge is 0.339 e. The number of hydrogen-bond acceptors (Lipinski definition) is 6. The normalized spacial score (nSPS) is 17.0. The molecule has 0 unspecified atom stereocenters. The van der Waals surface area contributed by atoms with Gasteiger partial charge in [0.2, 0.25) is 11.7 Å². The molecule has 5 rings (SSSR count). The maximum absolute atomic E-state index is 13.5. The molecule has 0 aliphatic carbocycles. The molecule has 0 bridgehead atoms. The molecule has 2 aromatic carbocycles. The van der Waals surface area contributed by atoms with E-state index in [1.807, 2.05) is 0 Å². The lowest BCUT2D eigenvalue weighted by molar-refractivity contribution is 0.0696. The van der Waals surface area contributed by atoms with Gasteiger partial charge in [0.15, 0.2) is 0 Å². The molecule has 29 heavy (non-hydrogen) atoms. The molecule has 8 nitrogen and oxygen atoms in total. The maximum atomic E-state index is 13.5. The highest BCUT2D eigenvalue weighted by atomic mass is 19.1. The highest BCUT2D eigenvalue weighted by molar-refractivity contribution is 5.97. The van der Waals surface area contributed by atoms with Crippen LogP contribution in [0.25, 0.3) is 22.4 Å². The molecule has 0 spiro atoms. The summed E-state index contributed by atoms with van der Waals surface area (Å²) in [6.07, 6.45) is 1.68. The van der Waals surface area contributed by atoms with E-state index < -0.39 is 0 Å². The minimum Gasteiger partial charge on any atom is -0.339 e. The van der Waals surface area contributed by atoms with Crippen molar-refractivity contribution in [2.24, 2.45) is 0 Å². The Hall–Kier alpha value is -3.62. The van der Waals surface area contributed by atoms with Crippen LogP contribution in [0.5, 0.6) is 0 Å². The van der Waals surface area contributed by atoms with Crippen molar-refractivity contribution < 1.29 is 13.7 Å². The van der Waals surface area contributed by atoms with Crippen LogP contribution in [0.4, 0.5) is 4.39 Å². The Bertz CT molecular complexity index is 1190. The number of likely N-dealkylation sites (tertiary alicyclic amines) is 1. The molecule has 3 heterocycles. The Balaban J connectivity index is 1.34. The van der Waals surface area contributed by atoms with Gasteiger partial charge in [0.1, 0.15) is 16.9 Å². The van der Waals surface area contributed by atoms with Gasteiger partial charge >= 0.3 is 0 Å². The predicted octanol–water partition coefficient (Wildman–Crippen LogP) is 3.17. The molecule has 1 atom stereocenters. The minimum atomic E-state index is -0.354. The first-order chi connectivity index (χ1) is 14.2. The number of aromatic amines is 1. The van der Waals surface area contributed by atoms with Crippen LogP contribution in [0, 0.1) is 5.82 Å². The predicted molar refractivity (Wildman–Crippen MR) is 101 cm³/mol. The number of carbonyl (C=O) groups excluding carboxylic acids is 1. The van der Waals surface area contributed by atoms with Gasteiger partial charge in [0.05, 0.1) is 5.92 Å². The summed E-state index contributed by atoms with van der Waals surface area (Å²) in [6, 6.07) is 11.3. The van der Waals surface area contributed by atoms with Crippen molar-refractivity contribution in [2.75, 3.05) is 13.1 Å². The molecule has 146 valence electrons. The molecule has 1 saturated heterocycles. The van der Waals surface area contributed by atoms with Crippen LogP contribution in [-0.4, -0.2) is 49.4 Å². The number of fused-ring (bicyclic) bond motifs is 1. The summed E-state index contributed by atoms with van der Waals surface area (Å²) in [6.45, 7) is 1.15. The Morgan fingerprint density at radius 3 is 2.97 bits per heavy atom. The van der Waals surface area contributed by atoms with Crippen LogP contribution < -0.4 is 0 Å². The van der Waals surface area contributed by atoms with Crippen molar-refractivity contribution in [3.63, 3.8) is 0 Å². The number of hydrogen-bond donors (Lipinski definition) is 1. The summed E-state index contributed by atoms with van der Waals surface area (Å²) >= 11 is 0. The fourth-order valence-corrected chi connectivity index (χ4v) is 3.66. The lowest BCUT2D eigenvalue weighted by atomic mass is 9.97. The second kappa shape index (κ2) is 7.08. The molecular formula is C20H17FN6O2. The number of halogens is 1. The topological polar surface area (TPSA) is 101 Å².